The minimum absolute atomic E-state index is 0.167. The molecule has 274 valence electrons. The number of fused-ring (bicyclic) bond motifs is 6. The van der Waals surface area contributed by atoms with Crippen LogP contribution in [0.1, 0.15) is 25.0 Å². The molecule has 0 radical (unpaired) electrons. The van der Waals surface area contributed by atoms with Crippen LogP contribution in [0.25, 0.3) is 101 Å². The second kappa shape index (κ2) is 13.4. The number of benzene rings is 8. The van der Waals surface area contributed by atoms with Crippen LogP contribution in [-0.2, 0) is 5.41 Å². The van der Waals surface area contributed by atoms with Gasteiger partial charge in [-0.1, -0.05) is 166 Å². The van der Waals surface area contributed by atoms with Gasteiger partial charge in [0.15, 0.2) is 17.5 Å². The lowest BCUT2D eigenvalue weighted by molar-refractivity contribution is 0.660. The molecule has 1 aliphatic rings. The van der Waals surface area contributed by atoms with Crippen LogP contribution in [0, 0.1) is 0 Å². The van der Waals surface area contributed by atoms with E-state index in [4.69, 9.17) is 19.4 Å². The normalized spacial score (nSPS) is 12.8. The number of hydrogen-bond acceptors (Lipinski definition) is 4. The Morgan fingerprint density at radius 2 is 0.897 bits per heavy atom. The molecule has 0 spiro atoms. The summed E-state index contributed by atoms with van der Waals surface area (Å²) in [7, 11) is 0. The summed E-state index contributed by atoms with van der Waals surface area (Å²) in [6, 6.07) is 66.0. The zero-order valence-electron chi connectivity index (χ0n) is 32.1. The van der Waals surface area contributed by atoms with E-state index in [2.05, 4.69) is 190 Å². The number of rotatable bonds is 6. The maximum Gasteiger partial charge on any atom is 0.164 e. The van der Waals surface area contributed by atoms with Gasteiger partial charge in [-0.3, -0.25) is 0 Å². The lowest BCUT2D eigenvalue weighted by atomic mass is 9.82. The monoisotopic (exact) mass is 743 g/mol. The molecule has 0 aliphatic heterocycles. The molecule has 0 amide bonds. The molecule has 10 aromatic rings. The Morgan fingerprint density at radius 3 is 1.60 bits per heavy atom. The molecule has 11 rings (SSSR count). The predicted molar refractivity (Wildman–Crippen MR) is 237 cm³/mol. The molecule has 2 heterocycles. The van der Waals surface area contributed by atoms with Crippen LogP contribution >= 0.6 is 0 Å². The van der Waals surface area contributed by atoms with Gasteiger partial charge in [-0.25, -0.2) is 15.0 Å². The first-order valence-electron chi connectivity index (χ1n) is 19.8. The van der Waals surface area contributed by atoms with Gasteiger partial charge in [0.05, 0.1) is 0 Å². The largest absolute Gasteiger partial charge is 0.456 e. The second-order valence-electron chi connectivity index (χ2n) is 15.6. The maximum absolute atomic E-state index is 6.59. The Hall–Kier alpha value is -7.43. The fraction of sp³-hybridized carbons (Fsp3) is 0.0556. The third kappa shape index (κ3) is 5.56. The molecule has 4 nitrogen and oxygen atoms in total. The van der Waals surface area contributed by atoms with Crippen LogP contribution < -0.4 is 0 Å². The Bertz CT molecular complexity index is 3130. The summed E-state index contributed by atoms with van der Waals surface area (Å²) >= 11 is 0. The van der Waals surface area contributed by atoms with E-state index in [1.54, 1.807) is 0 Å². The van der Waals surface area contributed by atoms with E-state index in [0.29, 0.717) is 17.5 Å². The summed E-state index contributed by atoms with van der Waals surface area (Å²) in [6.45, 7) is 4.61. The molecule has 0 saturated heterocycles. The van der Waals surface area contributed by atoms with Gasteiger partial charge < -0.3 is 4.42 Å². The zero-order chi connectivity index (χ0) is 38.8. The van der Waals surface area contributed by atoms with Crippen molar-refractivity contribution in [1.82, 2.24) is 15.0 Å². The highest BCUT2D eigenvalue weighted by molar-refractivity contribution is 6.13. The van der Waals surface area contributed by atoms with Gasteiger partial charge in [0.2, 0.25) is 0 Å². The van der Waals surface area contributed by atoms with E-state index in [-0.39, 0.29) is 5.41 Å². The lowest BCUT2D eigenvalue weighted by Crippen LogP contribution is -2.14. The molecule has 58 heavy (non-hydrogen) atoms. The summed E-state index contributed by atoms with van der Waals surface area (Å²) in [4.78, 5) is 16.0. The van der Waals surface area contributed by atoms with Crippen molar-refractivity contribution in [2.24, 2.45) is 0 Å². The van der Waals surface area contributed by atoms with Crippen LogP contribution in [0.2, 0.25) is 0 Å². The topological polar surface area (TPSA) is 51.8 Å². The van der Waals surface area contributed by atoms with Gasteiger partial charge in [-0.05, 0) is 92.0 Å². The Balaban J connectivity index is 1.15. The Morgan fingerprint density at radius 1 is 0.362 bits per heavy atom. The molecule has 0 bridgehead atoms. The highest BCUT2D eigenvalue weighted by Crippen LogP contribution is 2.52. The van der Waals surface area contributed by atoms with Crippen LogP contribution in [-0.4, -0.2) is 15.0 Å². The fourth-order valence-corrected chi connectivity index (χ4v) is 8.87. The van der Waals surface area contributed by atoms with Crippen molar-refractivity contribution in [2.75, 3.05) is 0 Å². The van der Waals surface area contributed by atoms with Gasteiger partial charge in [0.1, 0.15) is 11.2 Å². The summed E-state index contributed by atoms with van der Waals surface area (Å²) in [6.07, 6.45) is 0. The minimum atomic E-state index is -0.167. The summed E-state index contributed by atoms with van der Waals surface area (Å²) in [5, 5.41) is 2.15. The van der Waals surface area contributed by atoms with Crippen molar-refractivity contribution in [1.29, 1.82) is 0 Å². The van der Waals surface area contributed by atoms with E-state index >= 15 is 0 Å². The molecule has 1 aliphatic carbocycles. The average molecular weight is 744 g/mol. The van der Waals surface area contributed by atoms with Crippen LogP contribution in [0.5, 0.6) is 0 Å². The maximum atomic E-state index is 6.59. The van der Waals surface area contributed by atoms with E-state index in [9.17, 15) is 0 Å². The number of aromatic nitrogens is 3. The number of hydrogen-bond donors (Lipinski definition) is 0. The van der Waals surface area contributed by atoms with Gasteiger partial charge in [-0.2, -0.15) is 0 Å². The molecule has 8 aromatic carbocycles. The van der Waals surface area contributed by atoms with Crippen molar-refractivity contribution in [2.45, 2.75) is 19.3 Å². The van der Waals surface area contributed by atoms with E-state index < -0.39 is 0 Å². The van der Waals surface area contributed by atoms with E-state index in [1.165, 1.54) is 22.3 Å². The molecule has 0 saturated carbocycles. The molecule has 0 N–H and O–H groups in total. The van der Waals surface area contributed by atoms with Crippen molar-refractivity contribution in [3.05, 3.63) is 199 Å². The van der Waals surface area contributed by atoms with Crippen molar-refractivity contribution < 1.29 is 4.42 Å². The Kier molecular flexibility index (Phi) is 7.80. The van der Waals surface area contributed by atoms with Gasteiger partial charge in [0.25, 0.3) is 0 Å². The highest BCUT2D eigenvalue weighted by atomic mass is 16.3. The zero-order valence-corrected chi connectivity index (χ0v) is 32.1. The van der Waals surface area contributed by atoms with Crippen LogP contribution in [0.3, 0.4) is 0 Å². The molecule has 4 heteroatoms. The highest BCUT2D eigenvalue weighted by Gasteiger charge is 2.37. The van der Waals surface area contributed by atoms with Crippen LogP contribution in [0.15, 0.2) is 192 Å². The summed E-state index contributed by atoms with van der Waals surface area (Å²) < 4.78 is 6.59. The smallest absolute Gasteiger partial charge is 0.164 e. The first-order chi connectivity index (χ1) is 28.5. The van der Waals surface area contributed by atoms with Gasteiger partial charge >= 0.3 is 0 Å². The number of furan rings is 1. The number of nitrogens with zero attached hydrogens (tertiary/aromatic N) is 3. The van der Waals surface area contributed by atoms with Crippen LogP contribution in [0.4, 0.5) is 0 Å². The molecular weight excluding hydrogens is 707 g/mol. The minimum Gasteiger partial charge on any atom is -0.456 e. The van der Waals surface area contributed by atoms with Gasteiger partial charge in [0, 0.05) is 32.9 Å². The first-order valence-corrected chi connectivity index (χ1v) is 19.8. The lowest BCUT2D eigenvalue weighted by Gasteiger charge is -2.21. The summed E-state index contributed by atoms with van der Waals surface area (Å²) in [5.74, 6) is 1.82. The fourth-order valence-electron chi connectivity index (χ4n) is 8.87. The molecule has 0 atom stereocenters. The summed E-state index contributed by atoms with van der Waals surface area (Å²) in [5.41, 5.74) is 15.9. The molecule has 2 aromatic heterocycles. The second-order valence-corrected chi connectivity index (χ2v) is 15.6. The van der Waals surface area contributed by atoms with E-state index in [1.807, 2.05) is 12.1 Å². The predicted octanol–water partition coefficient (Wildman–Crippen LogP) is 14.1. The van der Waals surface area contributed by atoms with Crippen molar-refractivity contribution in [3.63, 3.8) is 0 Å². The molecule has 0 fully saturated rings. The Labute approximate surface area is 337 Å². The van der Waals surface area contributed by atoms with Crippen molar-refractivity contribution >= 4 is 21.9 Å². The quantitative estimate of drug-likeness (QED) is 0.170. The third-order valence-corrected chi connectivity index (χ3v) is 11.7. The third-order valence-electron chi connectivity index (χ3n) is 11.7. The first kappa shape index (κ1) is 33.9. The van der Waals surface area contributed by atoms with Crippen molar-refractivity contribution in [3.8, 4) is 78.7 Å². The molecular formula is C54H37N3O. The standard InChI is InChI=1S/C54H37N3O/c1-54(2)45-25-13-12-22-42(45)49-44(24-14-26-46(49)54)53-56-51(37-28-29-43-48(33-37)58-47-27-15-23-41(50(43)47)36-20-10-5-11-21-36)55-52(57-53)40-31-38(34-16-6-3-7-17-34)30-39(32-40)35-18-8-4-9-19-35/h3-33H,1-2H3. The SMILES string of the molecule is CC1(C)c2ccccc2-c2c(-c3nc(-c4cc(-c5ccccc5)cc(-c5ccccc5)c4)nc(-c4ccc5c(c4)oc4cccc(-c6ccccc6)c45)n3)cccc21. The average Bonchev–Trinajstić information content (AvgIpc) is 3.78. The van der Waals surface area contributed by atoms with Gasteiger partial charge in [-0.15, -0.1) is 0 Å². The van der Waals surface area contributed by atoms with E-state index in [0.717, 1.165) is 72.0 Å². The molecule has 0 unspecified atom stereocenters.